The van der Waals surface area contributed by atoms with Gasteiger partial charge in [0.25, 0.3) is 5.91 Å². The Morgan fingerprint density at radius 2 is 1.51 bits per heavy atom. The molecule has 1 aliphatic carbocycles. The van der Waals surface area contributed by atoms with Gasteiger partial charge in [-0.05, 0) is 78.9 Å². The summed E-state index contributed by atoms with van der Waals surface area (Å²) >= 11 is 0. The number of benzene rings is 4. The van der Waals surface area contributed by atoms with Crippen molar-refractivity contribution in [2.45, 2.75) is 30.6 Å². The first kappa shape index (κ1) is 27.1. The summed E-state index contributed by atoms with van der Waals surface area (Å²) in [6.07, 6.45) is 4.66. The molecule has 2 aliphatic heterocycles. The van der Waals surface area contributed by atoms with Gasteiger partial charge in [0.1, 0.15) is 10.9 Å². The van der Waals surface area contributed by atoms with Crippen molar-refractivity contribution in [2.24, 2.45) is 4.99 Å². The predicted octanol–water partition coefficient (Wildman–Crippen LogP) is 5.42. The molecule has 212 valence electrons. The van der Waals surface area contributed by atoms with Crippen LogP contribution in [0.15, 0.2) is 120 Å². The summed E-state index contributed by atoms with van der Waals surface area (Å²) in [5.74, 6) is -0.318. The number of anilines is 1. The zero-order valence-electron chi connectivity index (χ0n) is 23.5. The summed E-state index contributed by atoms with van der Waals surface area (Å²) in [6, 6.07) is 32.4. The Labute approximate surface area is 252 Å². The lowest BCUT2D eigenvalue weighted by Gasteiger charge is -2.12. The van der Waals surface area contributed by atoms with Gasteiger partial charge in [-0.2, -0.15) is 0 Å². The van der Waals surface area contributed by atoms with E-state index in [1.165, 1.54) is 0 Å². The zero-order valence-corrected chi connectivity index (χ0v) is 24.3. The van der Waals surface area contributed by atoms with Gasteiger partial charge in [0.05, 0.1) is 10.6 Å². The minimum absolute atomic E-state index is 0.0697. The monoisotopic (exact) mass is 584 g/mol. The fraction of sp³-hybridized carbons (Fsp3) is 0.167. The number of rotatable bonds is 6. The molecule has 0 spiro atoms. The van der Waals surface area contributed by atoms with Gasteiger partial charge in [-0.15, -0.1) is 0 Å². The molecular formula is C36H30N3O3S+. The van der Waals surface area contributed by atoms with Gasteiger partial charge in [0, 0.05) is 35.0 Å². The molecule has 2 amide bonds. The highest BCUT2D eigenvalue weighted by molar-refractivity contribution is 8.19. The van der Waals surface area contributed by atoms with E-state index in [0.29, 0.717) is 29.8 Å². The minimum Gasteiger partial charge on any atom is -0.322 e. The Morgan fingerprint density at radius 1 is 0.791 bits per heavy atom. The van der Waals surface area contributed by atoms with Crippen molar-refractivity contribution in [3.05, 3.63) is 136 Å². The average Bonchev–Trinajstić information content (AvgIpc) is 3.82. The molecule has 0 saturated heterocycles. The summed E-state index contributed by atoms with van der Waals surface area (Å²) in [7, 11) is -0.976. The molecule has 0 bridgehead atoms. The molecule has 3 aliphatic rings. The van der Waals surface area contributed by atoms with Crippen LogP contribution < -0.4 is 21.2 Å². The molecule has 4 aromatic carbocycles. The van der Waals surface area contributed by atoms with E-state index in [9.17, 15) is 14.4 Å². The summed E-state index contributed by atoms with van der Waals surface area (Å²) in [5, 5.41) is 7.32. The second-order valence-electron chi connectivity index (χ2n) is 10.9. The normalized spacial score (nSPS) is 18.8. The maximum Gasteiger partial charge on any atom is 0.436 e. The van der Waals surface area contributed by atoms with E-state index in [-0.39, 0.29) is 23.0 Å². The highest BCUT2D eigenvalue weighted by atomic mass is 32.2. The molecule has 43 heavy (non-hydrogen) atoms. The van der Waals surface area contributed by atoms with Crippen LogP contribution in [0.25, 0.3) is 16.0 Å². The van der Waals surface area contributed by atoms with Crippen molar-refractivity contribution in [2.75, 3.05) is 11.9 Å². The van der Waals surface area contributed by atoms with Crippen LogP contribution in [0.2, 0.25) is 0 Å². The van der Waals surface area contributed by atoms with Crippen LogP contribution in [0.5, 0.6) is 0 Å². The van der Waals surface area contributed by atoms with Crippen LogP contribution in [-0.4, -0.2) is 34.8 Å². The first-order valence-electron chi connectivity index (χ1n) is 14.6. The molecule has 1 fully saturated rings. The summed E-state index contributed by atoms with van der Waals surface area (Å²) in [6.45, 7) is 0.622. The van der Waals surface area contributed by atoms with Crippen LogP contribution in [0, 0.1) is 0 Å². The van der Waals surface area contributed by atoms with Gasteiger partial charge < -0.3 is 10.6 Å². The summed E-state index contributed by atoms with van der Waals surface area (Å²) < 4.78 is 0. The van der Waals surface area contributed by atoms with Crippen molar-refractivity contribution in [1.29, 1.82) is 0 Å². The molecule has 2 atom stereocenters. The predicted molar refractivity (Wildman–Crippen MR) is 172 cm³/mol. The summed E-state index contributed by atoms with van der Waals surface area (Å²) in [4.78, 5) is 46.7. The Bertz CT molecular complexity index is 1900. The van der Waals surface area contributed by atoms with Crippen molar-refractivity contribution >= 4 is 38.4 Å². The first-order chi connectivity index (χ1) is 21.1. The molecule has 1 saturated carbocycles. The number of para-hydroxylation sites is 1. The van der Waals surface area contributed by atoms with Gasteiger partial charge in [-0.3, -0.25) is 14.6 Å². The fourth-order valence-corrected chi connectivity index (χ4v) is 8.14. The molecule has 0 radical (unpaired) electrons. The fourth-order valence-electron chi connectivity index (χ4n) is 5.66. The number of hydrogen-bond acceptors (Lipinski definition) is 4. The zero-order chi connectivity index (χ0) is 29.3. The Balaban J connectivity index is 1.16. The molecule has 4 aromatic rings. The number of hydrogen-bond donors (Lipinski definition) is 2. The lowest BCUT2D eigenvalue weighted by atomic mass is 9.99. The van der Waals surface area contributed by atoms with E-state index >= 15 is 0 Å². The molecule has 6 nitrogen and oxygen atoms in total. The number of Topliss-reactive ketones (excluding diaryl/α,β-unsaturated/α-hetero) is 1. The Hall–Kier alpha value is -4.75. The molecule has 2 unspecified atom stereocenters. The van der Waals surface area contributed by atoms with Crippen LogP contribution in [0.4, 0.5) is 10.5 Å². The van der Waals surface area contributed by atoms with Gasteiger partial charge in [0.2, 0.25) is 11.0 Å². The van der Waals surface area contributed by atoms with Crippen molar-refractivity contribution in [1.82, 2.24) is 5.32 Å². The first-order valence-corrected chi connectivity index (χ1v) is 15.8. The minimum atomic E-state index is -0.976. The van der Waals surface area contributed by atoms with Crippen molar-refractivity contribution in [3.63, 3.8) is 0 Å². The lowest BCUT2D eigenvalue weighted by Crippen LogP contribution is -2.41. The topological polar surface area (TPSA) is 87.6 Å². The number of ketones is 1. The smallest absolute Gasteiger partial charge is 0.322 e. The molecule has 7 heteroatoms. The molecule has 2 N–H and O–H groups in total. The van der Waals surface area contributed by atoms with E-state index in [4.69, 9.17) is 4.99 Å². The van der Waals surface area contributed by atoms with Gasteiger partial charge >= 0.3 is 5.24 Å². The molecule has 2 heterocycles. The Kier molecular flexibility index (Phi) is 7.25. The van der Waals surface area contributed by atoms with E-state index in [2.05, 4.69) is 10.6 Å². The number of fused-ring (bicyclic) bond motifs is 2. The number of nitrogens with zero attached hydrogens (tertiary/aromatic N) is 1. The van der Waals surface area contributed by atoms with E-state index in [1.54, 1.807) is 24.3 Å². The third-order valence-electron chi connectivity index (χ3n) is 7.97. The number of carbonyl (C=O) groups is 3. The highest BCUT2D eigenvalue weighted by Crippen LogP contribution is 2.38. The maximum atomic E-state index is 14.0. The molecule has 0 aromatic heterocycles. The lowest BCUT2D eigenvalue weighted by molar-refractivity contribution is 0.0998. The van der Waals surface area contributed by atoms with Crippen molar-refractivity contribution in [3.8, 4) is 11.1 Å². The number of amides is 2. The third kappa shape index (κ3) is 5.44. The Morgan fingerprint density at radius 3 is 2.30 bits per heavy atom. The SMILES string of the molecule is O=C(Nc1ccc(C(=O)C2C=C3CCN=c4ccccc4=C3[S+]2C(=O)NC2CC2)cc1)c1ccccc1-c1ccccc1. The van der Waals surface area contributed by atoms with E-state index < -0.39 is 16.1 Å². The van der Waals surface area contributed by atoms with Gasteiger partial charge in [0.15, 0.2) is 4.91 Å². The second kappa shape index (κ2) is 11.5. The second-order valence-corrected chi connectivity index (χ2v) is 12.9. The highest BCUT2D eigenvalue weighted by Gasteiger charge is 2.53. The van der Waals surface area contributed by atoms with E-state index in [0.717, 1.165) is 45.0 Å². The van der Waals surface area contributed by atoms with E-state index in [1.807, 2.05) is 84.9 Å². The van der Waals surface area contributed by atoms with Crippen LogP contribution in [0.1, 0.15) is 40.0 Å². The van der Waals surface area contributed by atoms with Crippen molar-refractivity contribution < 1.29 is 14.4 Å². The number of carbonyl (C=O) groups excluding carboxylic acids is 3. The van der Waals surface area contributed by atoms with Gasteiger partial charge in [-0.25, -0.2) is 4.79 Å². The quantitative estimate of drug-likeness (QED) is 0.234. The molecule has 7 rings (SSSR count). The van der Waals surface area contributed by atoms with Gasteiger partial charge in [-0.1, -0.05) is 60.7 Å². The standard InChI is InChI=1S/C36H29N3O3S/c40-33(24-14-16-26(17-15-24)38-35(41)29-11-5-4-10-28(29)23-8-2-1-3-9-23)32-22-25-20-21-37-31-13-7-6-12-30(31)34(25)43(32)36(42)39-27-18-19-27/h1-17,22,27,32H,18-21H2,(H-,38,39,40,41,42)/p+1. The summed E-state index contributed by atoms with van der Waals surface area (Å²) in [5.41, 5.74) is 4.53. The third-order valence-corrected chi connectivity index (χ3v) is 10.3. The van der Waals surface area contributed by atoms with Crippen LogP contribution >= 0.6 is 0 Å². The van der Waals surface area contributed by atoms with Crippen LogP contribution in [0.3, 0.4) is 0 Å². The largest absolute Gasteiger partial charge is 0.436 e. The number of nitrogens with one attached hydrogen (secondary N) is 2. The average molecular weight is 585 g/mol. The maximum absolute atomic E-state index is 14.0. The molecular weight excluding hydrogens is 554 g/mol. The van der Waals surface area contributed by atoms with Crippen LogP contribution in [-0.2, 0) is 10.9 Å².